The lowest BCUT2D eigenvalue weighted by atomic mass is 10.0. The van der Waals surface area contributed by atoms with Crippen LogP contribution in [0.15, 0.2) is 55.0 Å². The van der Waals surface area contributed by atoms with Gasteiger partial charge in [0.05, 0.1) is 36.8 Å². The Morgan fingerprint density at radius 3 is 2.50 bits per heavy atom. The zero-order valence-electron chi connectivity index (χ0n) is 18.1. The molecule has 0 amide bonds. The van der Waals surface area contributed by atoms with Crippen LogP contribution in [0.25, 0.3) is 22.0 Å². The highest BCUT2D eigenvalue weighted by atomic mass is 19.1. The monoisotopic (exact) mass is 432 g/mol. The van der Waals surface area contributed by atoms with Crippen LogP contribution in [0, 0.1) is 5.82 Å². The summed E-state index contributed by atoms with van der Waals surface area (Å²) >= 11 is 0. The van der Waals surface area contributed by atoms with Gasteiger partial charge in [0.15, 0.2) is 0 Å². The van der Waals surface area contributed by atoms with Gasteiger partial charge in [0.25, 0.3) is 0 Å². The lowest BCUT2D eigenvalue weighted by molar-refractivity contribution is 0.122. The third kappa shape index (κ3) is 4.13. The molecule has 1 N–H and O–H groups in total. The first-order valence-electron chi connectivity index (χ1n) is 10.7. The molecule has 32 heavy (non-hydrogen) atoms. The Morgan fingerprint density at radius 2 is 1.78 bits per heavy atom. The molecule has 7 nitrogen and oxygen atoms in total. The number of hydrogen-bond acceptors (Lipinski definition) is 6. The van der Waals surface area contributed by atoms with Crippen molar-refractivity contribution < 1.29 is 9.13 Å². The largest absolute Gasteiger partial charge is 0.378 e. The number of nitrogens with one attached hydrogen (secondary N) is 1. The topological polar surface area (TPSA) is 68.1 Å². The molecule has 0 saturated carbocycles. The number of imidazole rings is 1. The summed E-state index contributed by atoms with van der Waals surface area (Å²) in [4.78, 5) is 16.3. The van der Waals surface area contributed by atoms with Crippen LogP contribution in [0.2, 0.25) is 0 Å². The molecule has 0 spiro atoms. The number of aromatic nitrogens is 4. The number of anilines is 2. The molecule has 1 atom stereocenters. The zero-order chi connectivity index (χ0) is 22.1. The highest BCUT2D eigenvalue weighted by Crippen LogP contribution is 2.31. The first-order chi connectivity index (χ1) is 15.6. The lowest BCUT2D eigenvalue weighted by Crippen LogP contribution is -2.37. The zero-order valence-corrected chi connectivity index (χ0v) is 18.1. The quantitative estimate of drug-likeness (QED) is 0.510. The number of rotatable bonds is 5. The average molecular weight is 433 g/mol. The van der Waals surface area contributed by atoms with Crippen molar-refractivity contribution in [1.29, 1.82) is 0 Å². The molecule has 4 aromatic rings. The van der Waals surface area contributed by atoms with Crippen LogP contribution in [-0.2, 0) is 11.8 Å². The molecule has 1 fully saturated rings. The van der Waals surface area contributed by atoms with Gasteiger partial charge in [-0.1, -0.05) is 18.2 Å². The van der Waals surface area contributed by atoms with Crippen molar-refractivity contribution in [2.75, 3.05) is 36.5 Å². The van der Waals surface area contributed by atoms with Crippen LogP contribution < -0.4 is 10.2 Å². The number of benzene rings is 2. The van der Waals surface area contributed by atoms with Crippen molar-refractivity contribution in [3.63, 3.8) is 0 Å². The van der Waals surface area contributed by atoms with Crippen LogP contribution in [0.1, 0.15) is 18.7 Å². The fraction of sp³-hybridized carbons (Fsp3) is 0.292. The van der Waals surface area contributed by atoms with E-state index in [1.165, 1.54) is 12.1 Å². The van der Waals surface area contributed by atoms with Gasteiger partial charge in [-0.15, -0.1) is 0 Å². The number of morpholine rings is 1. The molecule has 5 rings (SSSR count). The van der Waals surface area contributed by atoms with Crippen molar-refractivity contribution in [3.05, 3.63) is 66.5 Å². The Hall–Kier alpha value is -3.52. The molecule has 0 bridgehead atoms. The van der Waals surface area contributed by atoms with E-state index in [2.05, 4.69) is 28.2 Å². The van der Waals surface area contributed by atoms with Crippen molar-refractivity contribution in [3.8, 4) is 11.1 Å². The third-order valence-corrected chi connectivity index (χ3v) is 5.68. The van der Waals surface area contributed by atoms with Gasteiger partial charge in [0.1, 0.15) is 11.6 Å². The molecule has 0 aliphatic carbocycles. The van der Waals surface area contributed by atoms with Gasteiger partial charge in [-0.2, -0.15) is 4.98 Å². The van der Waals surface area contributed by atoms with Gasteiger partial charge in [-0.3, -0.25) is 0 Å². The van der Waals surface area contributed by atoms with E-state index < -0.39 is 0 Å². The molecule has 164 valence electrons. The number of nitrogens with zero attached hydrogens (tertiary/aromatic N) is 5. The summed E-state index contributed by atoms with van der Waals surface area (Å²) in [6.45, 7) is 4.91. The maximum absolute atomic E-state index is 13.4. The summed E-state index contributed by atoms with van der Waals surface area (Å²) in [6.07, 6.45) is 3.78. The Morgan fingerprint density at radius 1 is 1.03 bits per heavy atom. The lowest BCUT2D eigenvalue weighted by Gasteiger charge is -2.27. The highest BCUT2D eigenvalue weighted by Gasteiger charge is 2.19. The summed E-state index contributed by atoms with van der Waals surface area (Å²) in [6, 6.07) is 12.5. The van der Waals surface area contributed by atoms with Crippen LogP contribution in [0.3, 0.4) is 0 Å². The molecule has 1 aliphatic rings. The SMILES string of the molecule is CC(Nc1nc(N2CCOCC2)nc2ccc(-c3ccc(F)cc3)cc12)c1cn(C)cn1. The van der Waals surface area contributed by atoms with E-state index >= 15 is 0 Å². The normalized spacial score (nSPS) is 15.2. The van der Waals surface area contributed by atoms with E-state index in [1.807, 2.05) is 29.9 Å². The minimum Gasteiger partial charge on any atom is -0.378 e. The number of hydrogen-bond donors (Lipinski definition) is 1. The van der Waals surface area contributed by atoms with Crippen molar-refractivity contribution >= 4 is 22.7 Å². The Bertz CT molecular complexity index is 1230. The van der Waals surface area contributed by atoms with Gasteiger partial charge < -0.3 is 19.5 Å². The predicted octanol–water partition coefficient (Wildman–Crippen LogP) is 4.18. The van der Waals surface area contributed by atoms with Crippen LogP contribution in [0.5, 0.6) is 0 Å². The fourth-order valence-electron chi connectivity index (χ4n) is 3.89. The molecule has 8 heteroatoms. The predicted molar refractivity (Wildman–Crippen MR) is 123 cm³/mol. The number of aryl methyl sites for hydroxylation is 1. The first kappa shape index (κ1) is 20.4. The Labute approximate surface area is 185 Å². The van der Waals surface area contributed by atoms with Crippen molar-refractivity contribution in [2.45, 2.75) is 13.0 Å². The second-order valence-electron chi connectivity index (χ2n) is 8.04. The molecule has 3 heterocycles. The van der Waals surface area contributed by atoms with Crippen molar-refractivity contribution in [1.82, 2.24) is 19.5 Å². The second kappa shape index (κ2) is 8.55. The Kier molecular flexibility index (Phi) is 5.45. The number of halogens is 1. The van der Waals surface area contributed by atoms with Gasteiger partial charge in [-0.25, -0.2) is 14.4 Å². The van der Waals surface area contributed by atoms with E-state index in [1.54, 1.807) is 18.5 Å². The molecule has 0 radical (unpaired) electrons. The van der Waals surface area contributed by atoms with Crippen LogP contribution in [-0.4, -0.2) is 45.8 Å². The maximum Gasteiger partial charge on any atom is 0.228 e. The highest BCUT2D eigenvalue weighted by molar-refractivity contribution is 5.93. The molecule has 1 aliphatic heterocycles. The molecule has 1 saturated heterocycles. The van der Waals surface area contributed by atoms with Gasteiger partial charge >= 0.3 is 0 Å². The molecule has 2 aromatic carbocycles. The fourth-order valence-corrected chi connectivity index (χ4v) is 3.89. The first-order valence-corrected chi connectivity index (χ1v) is 10.7. The summed E-state index contributed by atoms with van der Waals surface area (Å²) < 4.78 is 20.8. The second-order valence-corrected chi connectivity index (χ2v) is 8.04. The summed E-state index contributed by atoms with van der Waals surface area (Å²) in [5, 5.41) is 4.45. The average Bonchev–Trinajstić information content (AvgIpc) is 3.26. The summed E-state index contributed by atoms with van der Waals surface area (Å²) in [5.74, 6) is 1.18. The van der Waals surface area contributed by atoms with E-state index in [0.29, 0.717) is 19.2 Å². The van der Waals surface area contributed by atoms with Gasteiger partial charge in [0, 0.05) is 31.7 Å². The third-order valence-electron chi connectivity index (χ3n) is 5.68. The minimum atomic E-state index is -0.250. The summed E-state index contributed by atoms with van der Waals surface area (Å²) in [5.41, 5.74) is 3.70. The Balaban J connectivity index is 1.58. The molecular formula is C24H25FN6O. The summed E-state index contributed by atoms with van der Waals surface area (Å²) in [7, 11) is 1.95. The van der Waals surface area contributed by atoms with E-state index in [-0.39, 0.29) is 11.9 Å². The minimum absolute atomic E-state index is 0.0404. The van der Waals surface area contributed by atoms with Gasteiger partial charge in [-0.05, 0) is 42.3 Å². The smallest absolute Gasteiger partial charge is 0.228 e. The number of ether oxygens (including phenoxy) is 1. The maximum atomic E-state index is 13.4. The molecular weight excluding hydrogens is 407 g/mol. The number of fused-ring (bicyclic) bond motifs is 1. The van der Waals surface area contributed by atoms with E-state index in [4.69, 9.17) is 14.7 Å². The van der Waals surface area contributed by atoms with E-state index in [9.17, 15) is 4.39 Å². The van der Waals surface area contributed by atoms with Crippen LogP contribution in [0.4, 0.5) is 16.2 Å². The van der Waals surface area contributed by atoms with Crippen LogP contribution >= 0.6 is 0 Å². The van der Waals surface area contributed by atoms with E-state index in [0.717, 1.165) is 46.6 Å². The molecule has 1 unspecified atom stereocenters. The van der Waals surface area contributed by atoms with Crippen molar-refractivity contribution in [2.24, 2.45) is 7.05 Å². The standard InChI is InChI=1S/C24H25FN6O/c1-16(22-14-30(2)15-26-22)27-23-20-13-18(17-3-6-19(25)7-4-17)5-8-21(20)28-24(29-23)31-9-11-32-12-10-31/h3-8,13-16H,9-12H2,1-2H3,(H,27,28,29). The van der Waals surface area contributed by atoms with Gasteiger partial charge in [0.2, 0.25) is 5.95 Å². The molecule has 2 aromatic heterocycles.